The first-order valence-corrected chi connectivity index (χ1v) is 8.84. The van der Waals surface area contributed by atoms with E-state index in [9.17, 15) is 0 Å². The number of aryl methyl sites for hydroxylation is 1. The van der Waals surface area contributed by atoms with Crippen LogP contribution in [-0.2, 0) is 13.5 Å². The highest BCUT2D eigenvalue weighted by molar-refractivity contribution is 5.96. The molecule has 0 aliphatic rings. The van der Waals surface area contributed by atoms with Crippen molar-refractivity contribution in [2.45, 2.75) is 6.42 Å². The molecular weight excluding hydrogens is 334 g/mol. The number of hydrogen-bond acceptors (Lipinski definition) is 4. The van der Waals surface area contributed by atoms with Gasteiger partial charge in [-0.05, 0) is 65.6 Å². The molecule has 0 bridgehead atoms. The highest BCUT2D eigenvalue weighted by Gasteiger charge is 2.10. The molecule has 5 aromatic rings. The van der Waals surface area contributed by atoms with Crippen molar-refractivity contribution >= 4 is 21.9 Å². The maximum atomic E-state index is 4.64. The molecule has 130 valence electrons. The smallest absolute Gasteiger partial charge is 0.113 e. The maximum Gasteiger partial charge on any atom is 0.113 e. The summed E-state index contributed by atoms with van der Waals surface area (Å²) in [5, 5.41) is 9.95. The van der Waals surface area contributed by atoms with Crippen LogP contribution in [-0.4, -0.2) is 25.0 Å². The van der Waals surface area contributed by atoms with Gasteiger partial charge in [-0.1, -0.05) is 12.1 Å². The molecule has 0 aliphatic carbocycles. The second kappa shape index (κ2) is 6.29. The van der Waals surface area contributed by atoms with Gasteiger partial charge in [0.1, 0.15) is 11.0 Å². The lowest BCUT2D eigenvalue weighted by atomic mass is 9.96. The first-order valence-electron chi connectivity index (χ1n) is 8.84. The topological polar surface area (TPSA) is 56.5 Å². The summed E-state index contributed by atoms with van der Waals surface area (Å²) in [6, 6.07) is 18.8. The average Bonchev–Trinajstić information content (AvgIpc) is 3.07. The van der Waals surface area contributed by atoms with E-state index in [0.29, 0.717) is 0 Å². The Balaban J connectivity index is 1.69. The van der Waals surface area contributed by atoms with E-state index in [2.05, 4.69) is 62.6 Å². The number of pyridine rings is 2. The molecule has 5 heteroatoms. The number of nitrogens with zero attached hydrogens (tertiary/aromatic N) is 5. The third-order valence-corrected chi connectivity index (χ3v) is 4.71. The Bertz CT molecular complexity index is 1260. The van der Waals surface area contributed by atoms with Crippen LogP contribution in [0.3, 0.4) is 0 Å². The Hall–Kier alpha value is -3.60. The van der Waals surface area contributed by atoms with E-state index < -0.39 is 0 Å². The molecule has 0 saturated heterocycles. The van der Waals surface area contributed by atoms with Crippen molar-refractivity contribution < 1.29 is 0 Å². The lowest BCUT2D eigenvalue weighted by molar-refractivity contribution is 0.665. The molecule has 5 rings (SSSR count). The molecule has 0 amide bonds. The molecule has 0 N–H and O–H groups in total. The van der Waals surface area contributed by atoms with Crippen molar-refractivity contribution in [2.75, 3.05) is 0 Å². The third-order valence-electron chi connectivity index (χ3n) is 4.71. The van der Waals surface area contributed by atoms with Gasteiger partial charge in [-0.2, -0.15) is 15.0 Å². The van der Waals surface area contributed by atoms with Gasteiger partial charge >= 0.3 is 0 Å². The molecule has 3 aromatic heterocycles. The minimum atomic E-state index is 0.855. The fraction of sp³-hybridized carbons (Fsp3) is 0.0909. The van der Waals surface area contributed by atoms with Gasteiger partial charge < -0.3 is 0 Å². The minimum Gasteiger partial charge on any atom is -0.265 e. The Kier molecular flexibility index (Phi) is 3.64. The quantitative estimate of drug-likeness (QED) is 0.489. The first-order chi connectivity index (χ1) is 13.3. The van der Waals surface area contributed by atoms with E-state index in [1.165, 1.54) is 11.1 Å². The molecule has 5 nitrogen and oxygen atoms in total. The van der Waals surface area contributed by atoms with Crippen LogP contribution in [0.15, 0.2) is 73.2 Å². The van der Waals surface area contributed by atoms with Crippen LogP contribution in [0.4, 0.5) is 0 Å². The summed E-state index contributed by atoms with van der Waals surface area (Å²) >= 11 is 0. The first kappa shape index (κ1) is 15.6. The maximum absolute atomic E-state index is 4.64. The zero-order chi connectivity index (χ0) is 18.2. The summed E-state index contributed by atoms with van der Waals surface area (Å²) < 4.78 is 0. The normalized spacial score (nSPS) is 11.3. The van der Waals surface area contributed by atoms with Gasteiger partial charge in [0.05, 0.1) is 5.52 Å². The van der Waals surface area contributed by atoms with Crippen LogP contribution in [0.1, 0.15) is 11.1 Å². The molecular formula is C22H17N5. The number of hydrogen-bond donors (Lipinski definition) is 0. The van der Waals surface area contributed by atoms with Crippen LogP contribution in [0, 0.1) is 0 Å². The SMILES string of the molecule is Cn1nc2ccc(-c3cc(Cc4ccncc4)cc4cccnc34)cc2n1. The van der Waals surface area contributed by atoms with Gasteiger partial charge in [0.25, 0.3) is 0 Å². The fourth-order valence-corrected chi connectivity index (χ4v) is 3.50. The second-order valence-electron chi connectivity index (χ2n) is 6.64. The molecule has 0 radical (unpaired) electrons. The zero-order valence-electron chi connectivity index (χ0n) is 14.9. The summed E-state index contributed by atoms with van der Waals surface area (Å²) in [7, 11) is 1.84. The number of rotatable bonds is 3. The Morgan fingerprint density at radius 3 is 2.56 bits per heavy atom. The zero-order valence-corrected chi connectivity index (χ0v) is 14.9. The van der Waals surface area contributed by atoms with E-state index in [1.54, 1.807) is 4.80 Å². The van der Waals surface area contributed by atoms with Crippen molar-refractivity contribution in [2.24, 2.45) is 7.05 Å². The lowest BCUT2D eigenvalue weighted by Crippen LogP contribution is -1.92. The van der Waals surface area contributed by atoms with Crippen molar-refractivity contribution in [3.63, 3.8) is 0 Å². The van der Waals surface area contributed by atoms with Gasteiger partial charge in [0.15, 0.2) is 0 Å². The van der Waals surface area contributed by atoms with E-state index in [-0.39, 0.29) is 0 Å². The minimum absolute atomic E-state index is 0.855. The standard InChI is InChI=1S/C22H17N5/c1-27-25-20-5-4-17(14-21(20)26-27)19-13-16(11-15-6-9-23-10-7-15)12-18-3-2-8-24-22(18)19/h2-10,12-14H,11H2,1H3. The van der Waals surface area contributed by atoms with E-state index in [0.717, 1.165) is 39.5 Å². The van der Waals surface area contributed by atoms with Gasteiger partial charge in [-0.3, -0.25) is 9.97 Å². The summed E-state index contributed by atoms with van der Waals surface area (Å²) in [6.45, 7) is 0. The van der Waals surface area contributed by atoms with Gasteiger partial charge in [0.2, 0.25) is 0 Å². The van der Waals surface area contributed by atoms with Crippen molar-refractivity contribution in [1.82, 2.24) is 25.0 Å². The molecule has 0 unspecified atom stereocenters. The molecule has 27 heavy (non-hydrogen) atoms. The van der Waals surface area contributed by atoms with Crippen molar-refractivity contribution in [3.8, 4) is 11.1 Å². The lowest BCUT2D eigenvalue weighted by Gasteiger charge is -2.10. The van der Waals surface area contributed by atoms with Gasteiger partial charge in [-0.25, -0.2) is 0 Å². The summed E-state index contributed by atoms with van der Waals surface area (Å²) in [5.74, 6) is 0. The number of benzene rings is 2. The molecule has 0 fully saturated rings. The summed E-state index contributed by atoms with van der Waals surface area (Å²) in [6.07, 6.45) is 6.37. The molecule has 2 aromatic carbocycles. The largest absolute Gasteiger partial charge is 0.265 e. The van der Waals surface area contributed by atoms with Crippen LogP contribution in [0.5, 0.6) is 0 Å². The molecule has 0 aliphatic heterocycles. The molecule has 3 heterocycles. The summed E-state index contributed by atoms with van der Waals surface area (Å²) in [4.78, 5) is 10.3. The van der Waals surface area contributed by atoms with Crippen LogP contribution in [0.25, 0.3) is 33.1 Å². The number of fused-ring (bicyclic) bond motifs is 2. The summed E-state index contributed by atoms with van der Waals surface area (Å²) in [5.41, 5.74) is 7.48. The highest BCUT2D eigenvalue weighted by Crippen LogP contribution is 2.31. The van der Waals surface area contributed by atoms with Crippen LogP contribution >= 0.6 is 0 Å². The van der Waals surface area contributed by atoms with Crippen molar-refractivity contribution in [3.05, 3.63) is 84.3 Å². The van der Waals surface area contributed by atoms with E-state index in [1.807, 2.05) is 37.8 Å². The Labute approximate surface area is 156 Å². The predicted octanol–water partition coefficient (Wildman–Crippen LogP) is 4.17. The van der Waals surface area contributed by atoms with Crippen molar-refractivity contribution in [1.29, 1.82) is 0 Å². The average molecular weight is 351 g/mol. The Morgan fingerprint density at radius 1 is 0.815 bits per heavy atom. The van der Waals surface area contributed by atoms with Crippen LogP contribution < -0.4 is 0 Å². The Morgan fingerprint density at radius 2 is 1.67 bits per heavy atom. The molecule has 0 saturated carbocycles. The highest BCUT2D eigenvalue weighted by atomic mass is 15.4. The van der Waals surface area contributed by atoms with Gasteiger partial charge in [-0.15, -0.1) is 0 Å². The number of aromatic nitrogens is 5. The van der Waals surface area contributed by atoms with Gasteiger partial charge in [0, 0.05) is 36.6 Å². The van der Waals surface area contributed by atoms with Crippen LogP contribution in [0.2, 0.25) is 0 Å². The second-order valence-corrected chi connectivity index (χ2v) is 6.64. The fourth-order valence-electron chi connectivity index (χ4n) is 3.50. The predicted molar refractivity (Wildman–Crippen MR) is 106 cm³/mol. The van der Waals surface area contributed by atoms with E-state index in [4.69, 9.17) is 0 Å². The molecule has 0 spiro atoms. The molecule has 0 atom stereocenters. The third kappa shape index (κ3) is 2.93. The van der Waals surface area contributed by atoms with E-state index >= 15 is 0 Å². The monoisotopic (exact) mass is 351 g/mol.